The maximum Gasteiger partial charge on any atom is 0.129 e. The van der Waals surface area contributed by atoms with Crippen molar-refractivity contribution in [3.63, 3.8) is 0 Å². The molecule has 2 rings (SSSR count). The molecule has 0 saturated heterocycles. The van der Waals surface area contributed by atoms with Crippen molar-refractivity contribution in [3.8, 4) is 5.75 Å². The molecule has 0 fully saturated rings. The Morgan fingerprint density at radius 2 is 1.77 bits per heavy atom. The van der Waals surface area contributed by atoms with Crippen LogP contribution in [0.25, 0.3) is 10.8 Å². The number of aromatic hydroxyl groups is 1. The Kier molecular flexibility index (Phi) is 2.06. The number of thioether (sulfide) groups is 1. The van der Waals surface area contributed by atoms with E-state index in [0.717, 1.165) is 15.7 Å². The van der Waals surface area contributed by atoms with Gasteiger partial charge in [0.25, 0.3) is 0 Å². The van der Waals surface area contributed by atoms with Gasteiger partial charge in [-0.05, 0) is 18.4 Å². The summed E-state index contributed by atoms with van der Waals surface area (Å²) in [6.07, 6.45) is 5.25. The maximum absolute atomic E-state index is 9.54. The smallest absolute Gasteiger partial charge is 0.129 e. The molecular weight excluding hydrogens is 184 g/mol. The van der Waals surface area contributed by atoms with Crippen molar-refractivity contribution in [2.45, 2.75) is 4.90 Å². The molecule has 0 atom stereocenters. The number of benzene rings is 1. The van der Waals surface area contributed by atoms with Crippen molar-refractivity contribution < 1.29 is 5.11 Å². The van der Waals surface area contributed by atoms with Gasteiger partial charge in [-0.3, -0.25) is 0 Å². The van der Waals surface area contributed by atoms with E-state index >= 15 is 0 Å². The van der Waals surface area contributed by atoms with Crippen molar-refractivity contribution in [2.75, 3.05) is 6.26 Å². The number of phenolic OH excluding ortho intramolecular Hbond substituents is 1. The van der Waals surface area contributed by atoms with E-state index in [1.807, 2.05) is 12.3 Å². The summed E-state index contributed by atoms with van der Waals surface area (Å²) in [5.41, 5.74) is 0. The van der Waals surface area contributed by atoms with Crippen LogP contribution in [0.2, 0.25) is 0 Å². The Balaban J connectivity index is 2.74. The zero-order valence-corrected chi connectivity index (χ0v) is 7.88. The summed E-state index contributed by atoms with van der Waals surface area (Å²) in [4.78, 5) is 0.862. The molecule has 2 aromatic rings. The molecule has 3 nitrogen and oxygen atoms in total. The summed E-state index contributed by atoms with van der Waals surface area (Å²) in [5.74, 6) is 0.299. The van der Waals surface area contributed by atoms with Gasteiger partial charge in [0.15, 0.2) is 0 Å². The Morgan fingerprint density at radius 1 is 1.15 bits per heavy atom. The third-order valence-corrected chi connectivity index (χ3v) is 2.61. The molecule has 0 aliphatic rings. The van der Waals surface area contributed by atoms with E-state index in [9.17, 15) is 5.11 Å². The van der Waals surface area contributed by atoms with Gasteiger partial charge in [0.1, 0.15) is 5.75 Å². The molecule has 1 aromatic carbocycles. The fraction of sp³-hybridized carbons (Fsp3) is 0.111. The average molecular weight is 192 g/mol. The number of hydrogen-bond donors (Lipinski definition) is 1. The lowest BCUT2D eigenvalue weighted by Gasteiger charge is -2.02. The van der Waals surface area contributed by atoms with Gasteiger partial charge in [0.2, 0.25) is 0 Å². The quantitative estimate of drug-likeness (QED) is 0.702. The second-order valence-corrected chi connectivity index (χ2v) is 3.49. The lowest BCUT2D eigenvalue weighted by Crippen LogP contribution is -1.81. The number of nitrogens with zero attached hydrogens (tertiary/aromatic N) is 2. The van der Waals surface area contributed by atoms with Gasteiger partial charge in [-0.2, -0.15) is 10.2 Å². The Hall–Kier alpha value is -1.29. The monoisotopic (exact) mass is 192 g/mol. The first-order valence-corrected chi connectivity index (χ1v) is 5.01. The Morgan fingerprint density at radius 3 is 2.38 bits per heavy atom. The van der Waals surface area contributed by atoms with Crippen molar-refractivity contribution in [3.05, 3.63) is 24.5 Å². The molecule has 0 saturated carbocycles. The molecule has 1 heterocycles. The van der Waals surface area contributed by atoms with Gasteiger partial charge < -0.3 is 5.11 Å². The largest absolute Gasteiger partial charge is 0.507 e. The summed E-state index contributed by atoms with van der Waals surface area (Å²) in [6, 6.07) is 3.61. The van der Waals surface area contributed by atoms with Gasteiger partial charge in [0, 0.05) is 15.7 Å². The predicted molar refractivity (Wildman–Crippen MR) is 53.0 cm³/mol. The predicted octanol–water partition coefficient (Wildman–Crippen LogP) is 2.06. The number of phenols is 1. The summed E-state index contributed by atoms with van der Waals surface area (Å²) in [7, 11) is 0. The molecule has 0 unspecified atom stereocenters. The van der Waals surface area contributed by atoms with E-state index in [1.165, 1.54) is 11.8 Å². The standard InChI is InChI=1S/C9H8N2OS/c1-13-9-3-7-5-11-10-4-6(7)2-8(9)12/h2-5,12H,1H3. The third kappa shape index (κ3) is 1.45. The minimum atomic E-state index is 0.299. The first-order valence-electron chi connectivity index (χ1n) is 3.78. The van der Waals surface area contributed by atoms with E-state index in [2.05, 4.69) is 10.2 Å². The topological polar surface area (TPSA) is 46.0 Å². The summed E-state index contributed by atoms with van der Waals surface area (Å²) in [5, 5.41) is 19.0. The summed E-state index contributed by atoms with van der Waals surface area (Å²) >= 11 is 1.51. The van der Waals surface area contributed by atoms with Crippen LogP contribution in [-0.2, 0) is 0 Å². The highest BCUT2D eigenvalue weighted by Crippen LogP contribution is 2.30. The summed E-state index contributed by atoms with van der Waals surface area (Å²) < 4.78 is 0. The molecule has 0 aliphatic carbocycles. The first-order chi connectivity index (χ1) is 6.31. The average Bonchev–Trinajstić information content (AvgIpc) is 2.17. The number of fused-ring (bicyclic) bond motifs is 1. The van der Waals surface area contributed by atoms with E-state index < -0.39 is 0 Å². The highest BCUT2D eigenvalue weighted by atomic mass is 32.2. The van der Waals surface area contributed by atoms with Crippen LogP contribution in [0.3, 0.4) is 0 Å². The van der Waals surface area contributed by atoms with Crippen LogP contribution in [0.15, 0.2) is 29.4 Å². The second kappa shape index (κ2) is 3.22. The SMILES string of the molecule is CSc1cc2cnncc2cc1O. The van der Waals surface area contributed by atoms with Crippen molar-refractivity contribution in [1.82, 2.24) is 10.2 Å². The lowest BCUT2D eigenvalue weighted by atomic mass is 10.2. The van der Waals surface area contributed by atoms with E-state index in [1.54, 1.807) is 18.5 Å². The van der Waals surface area contributed by atoms with E-state index in [4.69, 9.17) is 0 Å². The molecule has 0 aliphatic heterocycles. The lowest BCUT2D eigenvalue weighted by molar-refractivity contribution is 0.463. The van der Waals surface area contributed by atoms with Gasteiger partial charge in [-0.25, -0.2) is 0 Å². The fourth-order valence-electron chi connectivity index (χ4n) is 1.18. The number of rotatable bonds is 1. The summed E-state index contributed by atoms with van der Waals surface area (Å²) in [6.45, 7) is 0. The fourth-order valence-corrected chi connectivity index (χ4v) is 1.69. The van der Waals surface area contributed by atoms with Crippen LogP contribution in [0.4, 0.5) is 0 Å². The molecule has 1 N–H and O–H groups in total. The van der Waals surface area contributed by atoms with Crippen LogP contribution in [0.5, 0.6) is 5.75 Å². The number of hydrogen-bond acceptors (Lipinski definition) is 4. The highest BCUT2D eigenvalue weighted by molar-refractivity contribution is 7.98. The zero-order valence-electron chi connectivity index (χ0n) is 7.06. The first kappa shape index (κ1) is 8.31. The van der Waals surface area contributed by atoms with Crippen LogP contribution in [-0.4, -0.2) is 21.6 Å². The maximum atomic E-state index is 9.54. The van der Waals surface area contributed by atoms with Crippen molar-refractivity contribution in [1.29, 1.82) is 0 Å². The normalized spacial score (nSPS) is 10.5. The molecule has 13 heavy (non-hydrogen) atoms. The van der Waals surface area contributed by atoms with Gasteiger partial charge in [-0.15, -0.1) is 11.8 Å². The van der Waals surface area contributed by atoms with Crippen molar-refractivity contribution in [2.24, 2.45) is 0 Å². The molecule has 0 radical (unpaired) electrons. The van der Waals surface area contributed by atoms with Crippen LogP contribution >= 0.6 is 11.8 Å². The van der Waals surface area contributed by atoms with E-state index in [-0.39, 0.29) is 0 Å². The molecule has 4 heteroatoms. The molecular formula is C9H8N2OS. The molecule has 0 bridgehead atoms. The Labute approximate surface area is 79.8 Å². The molecule has 1 aromatic heterocycles. The van der Waals surface area contributed by atoms with Crippen LogP contribution in [0, 0.1) is 0 Å². The highest BCUT2D eigenvalue weighted by Gasteiger charge is 2.02. The van der Waals surface area contributed by atoms with Gasteiger partial charge >= 0.3 is 0 Å². The second-order valence-electron chi connectivity index (χ2n) is 2.64. The minimum absolute atomic E-state index is 0.299. The van der Waals surface area contributed by atoms with Crippen molar-refractivity contribution >= 4 is 22.5 Å². The van der Waals surface area contributed by atoms with Gasteiger partial charge in [-0.1, -0.05) is 0 Å². The number of aromatic nitrogens is 2. The zero-order chi connectivity index (χ0) is 9.26. The van der Waals surface area contributed by atoms with Crippen LogP contribution < -0.4 is 0 Å². The molecule has 0 spiro atoms. The minimum Gasteiger partial charge on any atom is -0.507 e. The molecule has 66 valence electrons. The Bertz CT molecular complexity index is 445. The van der Waals surface area contributed by atoms with Gasteiger partial charge in [0.05, 0.1) is 12.4 Å². The van der Waals surface area contributed by atoms with E-state index in [0.29, 0.717) is 5.75 Å². The molecule has 0 amide bonds. The third-order valence-electron chi connectivity index (χ3n) is 1.84. The van der Waals surface area contributed by atoms with Crippen LogP contribution in [0.1, 0.15) is 0 Å².